The fourth-order valence-corrected chi connectivity index (χ4v) is 7.68. The van der Waals surface area contributed by atoms with Crippen molar-refractivity contribution >= 4 is 11.0 Å². The van der Waals surface area contributed by atoms with Gasteiger partial charge in [-0.15, -0.1) is 0 Å². The summed E-state index contributed by atoms with van der Waals surface area (Å²) in [6, 6.07) is 25.8. The minimum atomic E-state index is -4.20. The first-order valence-corrected chi connectivity index (χ1v) is 20.3. The molecule has 63 heavy (non-hydrogen) atoms. The molecule has 0 saturated carbocycles. The number of aromatic nitrogens is 3. The average Bonchev–Trinajstić information content (AvgIpc) is 0.793. The van der Waals surface area contributed by atoms with Crippen molar-refractivity contribution in [2.24, 2.45) is 0 Å². The SMILES string of the molecule is [2H]c1c([2H])c(C([2H])([2H])[2H])c([2H])c([2H])c1-c1ccnc(-c2cc(-c3cccc4c3nc(-c3cc(C(C([2H])([2H])[2H])(C([2H])([2H])[2H])C([2H])([2H])[2H])cc(C(C([2H])([2H])[2H])(C([2H])([2H])[2H])C([2H])([2H])[2H])c3O)n4-c3ccc(C(C)(C)C)cc3-c3ccccc3)cc(C(C)(C)C)c2)c1. The van der Waals surface area contributed by atoms with E-state index in [1.165, 1.54) is 22.9 Å². The molecule has 6 aromatic carbocycles. The van der Waals surface area contributed by atoms with Crippen LogP contribution < -0.4 is 0 Å². The quantitative estimate of drug-likeness (QED) is 0.181. The summed E-state index contributed by atoms with van der Waals surface area (Å²) in [5.41, 5.74) is -9.38. The second kappa shape index (κ2) is 15.8. The molecule has 320 valence electrons. The van der Waals surface area contributed by atoms with Crippen molar-refractivity contribution in [3.63, 3.8) is 0 Å². The van der Waals surface area contributed by atoms with Crippen LogP contribution in [-0.4, -0.2) is 19.6 Å². The van der Waals surface area contributed by atoms with Crippen LogP contribution >= 0.6 is 0 Å². The topological polar surface area (TPSA) is 50.9 Å². The minimum Gasteiger partial charge on any atom is -0.507 e. The molecule has 0 atom stereocenters. The molecule has 2 heterocycles. The van der Waals surface area contributed by atoms with Gasteiger partial charge in [-0.2, -0.15) is 0 Å². The lowest BCUT2D eigenvalue weighted by atomic mass is 9.79. The lowest BCUT2D eigenvalue weighted by Gasteiger charge is -2.28. The molecular formula is C59H63N3O. The number of phenolic OH excluding ortho intramolecular Hbond substituents is 1. The van der Waals surface area contributed by atoms with Gasteiger partial charge in [0.25, 0.3) is 0 Å². The van der Waals surface area contributed by atoms with Gasteiger partial charge in [0.15, 0.2) is 0 Å². The van der Waals surface area contributed by atoms with Gasteiger partial charge in [0.2, 0.25) is 0 Å². The van der Waals surface area contributed by atoms with E-state index in [4.69, 9.17) is 39.3 Å². The fourth-order valence-electron chi connectivity index (χ4n) is 7.68. The highest BCUT2D eigenvalue weighted by Gasteiger charge is 2.30. The third-order valence-electron chi connectivity index (χ3n) is 11.1. The first-order chi connectivity index (χ1) is 40.0. The van der Waals surface area contributed by atoms with Gasteiger partial charge < -0.3 is 5.11 Å². The van der Waals surface area contributed by atoms with Crippen LogP contribution in [0.5, 0.6) is 5.75 Å². The van der Waals surface area contributed by atoms with Crippen LogP contribution in [0.15, 0.2) is 140 Å². The Morgan fingerprint density at radius 1 is 0.540 bits per heavy atom. The molecule has 0 aliphatic carbocycles. The number of hydrogen-bond donors (Lipinski definition) is 1. The molecule has 2 aromatic heterocycles. The van der Waals surface area contributed by atoms with Crippen molar-refractivity contribution in [2.45, 2.75) is 111 Å². The highest BCUT2D eigenvalue weighted by Crippen LogP contribution is 2.46. The maximum atomic E-state index is 13.1. The number of fused-ring (bicyclic) bond motifs is 1. The Balaban J connectivity index is 1.60. The summed E-state index contributed by atoms with van der Waals surface area (Å²) in [4.78, 5) is 9.81. The Morgan fingerprint density at radius 2 is 1.22 bits per heavy atom. The van der Waals surface area contributed by atoms with Crippen LogP contribution in [0.1, 0.15) is 145 Å². The highest BCUT2D eigenvalue weighted by molar-refractivity contribution is 5.98. The van der Waals surface area contributed by atoms with Gasteiger partial charge in [-0.25, -0.2) is 4.98 Å². The van der Waals surface area contributed by atoms with Crippen LogP contribution in [0.3, 0.4) is 0 Å². The maximum absolute atomic E-state index is 13.1. The largest absolute Gasteiger partial charge is 0.507 e. The Morgan fingerprint density at radius 3 is 1.90 bits per heavy atom. The van der Waals surface area contributed by atoms with Crippen molar-refractivity contribution < 1.29 is 39.4 Å². The summed E-state index contributed by atoms with van der Waals surface area (Å²) in [7, 11) is 0. The zero-order chi connectivity index (χ0) is 66.2. The van der Waals surface area contributed by atoms with E-state index >= 15 is 0 Å². The Labute approximate surface area is 410 Å². The van der Waals surface area contributed by atoms with Gasteiger partial charge in [-0.3, -0.25) is 9.55 Å². The van der Waals surface area contributed by atoms with Crippen LogP contribution in [0.4, 0.5) is 0 Å². The van der Waals surface area contributed by atoms with E-state index in [1.807, 2.05) is 59.7 Å². The summed E-state index contributed by atoms with van der Waals surface area (Å²) in [6.07, 6.45) is 1.38. The standard InChI is InChI=1S/C59H63N3O/c1-37-22-24-38(25-23-37)40-28-29-60-50(33-40)42-30-41(31-44(32-42)57(5,6)7)46-20-17-21-52-53(46)61-55(48-35-45(58(8,9)10)36-49(54(48)63)59(11,12)13)62(52)51-27-26-43(56(2,3)4)34-47(51)39-18-15-14-16-19-39/h14-36,63H,1-13H3/i1D3,8D3,9D3,10D3,11D3,12D3,13D3,22D,23D,24D,25D. The molecule has 0 spiro atoms. The molecule has 0 amide bonds. The number of nitrogens with zero attached hydrogens (tertiary/aromatic N) is 3. The van der Waals surface area contributed by atoms with Gasteiger partial charge in [-0.1, -0.05) is 173 Å². The van der Waals surface area contributed by atoms with E-state index in [0.29, 0.717) is 39.4 Å². The molecule has 0 saturated heterocycles. The lowest BCUT2D eigenvalue weighted by molar-refractivity contribution is 0.446. The van der Waals surface area contributed by atoms with Crippen molar-refractivity contribution in [3.8, 4) is 67.5 Å². The predicted molar refractivity (Wildman–Crippen MR) is 267 cm³/mol. The molecule has 4 heteroatoms. The molecule has 1 N–H and O–H groups in total. The fraction of sp³-hybridized carbons (Fsp3) is 0.288. The molecule has 0 bridgehead atoms. The lowest BCUT2D eigenvalue weighted by Crippen LogP contribution is -2.17. The van der Waals surface area contributed by atoms with Crippen molar-refractivity contribution in [3.05, 3.63) is 167 Å². The van der Waals surface area contributed by atoms with Crippen LogP contribution in [0.2, 0.25) is 0 Å². The molecule has 8 rings (SSSR count). The van der Waals surface area contributed by atoms with E-state index in [1.54, 1.807) is 66.7 Å². The molecule has 0 aliphatic heterocycles. The first-order valence-electron chi connectivity index (χ1n) is 32.8. The Kier molecular flexibility index (Phi) is 5.62. The second-order valence-corrected chi connectivity index (χ2v) is 17.9. The third-order valence-corrected chi connectivity index (χ3v) is 11.1. The van der Waals surface area contributed by atoms with Crippen LogP contribution in [0.25, 0.3) is 72.7 Å². The van der Waals surface area contributed by atoms with E-state index < -0.39 is 128 Å². The molecule has 0 fully saturated rings. The van der Waals surface area contributed by atoms with E-state index in [0.717, 1.165) is 5.56 Å². The number of phenols is 1. The number of benzene rings is 6. The minimum absolute atomic E-state index is 0.0573. The maximum Gasteiger partial charge on any atom is 0.149 e. The zero-order valence-corrected chi connectivity index (χ0v) is 35.8. The van der Waals surface area contributed by atoms with Crippen molar-refractivity contribution in [2.75, 3.05) is 0 Å². The monoisotopic (exact) mass is 855 g/mol. The number of pyridine rings is 1. The van der Waals surface area contributed by atoms with E-state index in [2.05, 4.69) is 4.98 Å². The van der Waals surface area contributed by atoms with E-state index in [9.17, 15) is 5.11 Å². The average molecular weight is 855 g/mol. The predicted octanol–water partition coefficient (Wildman–Crippen LogP) is 16.0. The molecule has 0 unspecified atom stereocenters. The number of rotatable bonds is 6. The highest BCUT2D eigenvalue weighted by atomic mass is 16.3. The normalized spacial score (nSPS) is 19.8. The van der Waals surface area contributed by atoms with Crippen molar-refractivity contribution in [1.29, 1.82) is 0 Å². The number of para-hydroxylation sites is 1. The number of hydrogen-bond acceptors (Lipinski definition) is 3. The third kappa shape index (κ3) is 8.61. The summed E-state index contributed by atoms with van der Waals surface area (Å²) >= 11 is 0. The smallest absolute Gasteiger partial charge is 0.149 e. The van der Waals surface area contributed by atoms with Gasteiger partial charge >= 0.3 is 0 Å². The summed E-state index contributed by atoms with van der Waals surface area (Å²) < 4.78 is 218. The van der Waals surface area contributed by atoms with Gasteiger partial charge in [-0.05, 0) is 116 Å². The van der Waals surface area contributed by atoms with Gasteiger partial charge in [0.1, 0.15) is 11.6 Å². The first kappa shape index (κ1) is 22.4. The van der Waals surface area contributed by atoms with Crippen LogP contribution in [-0.2, 0) is 21.7 Å². The van der Waals surface area contributed by atoms with Crippen molar-refractivity contribution in [1.82, 2.24) is 14.5 Å². The van der Waals surface area contributed by atoms with E-state index in [-0.39, 0.29) is 39.6 Å². The molecule has 0 radical (unpaired) electrons. The Hall–Kier alpha value is -6.26. The molecular weight excluding hydrogens is 767 g/mol. The second-order valence-electron chi connectivity index (χ2n) is 17.9. The molecule has 0 aliphatic rings. The number of imidazole rings is 1. The summed E-state index contributed by atoms with van der Waals surface area (Å²) in [5, 5.41) is 13.1. The zero-order valence-electron chi connectivity index (χ0n) is 60.8. The summed E-state index contributed by atoms with van der Waals surface area (Å²) in [5.74, 6) is -1.92. The summed E-state index contributed by atoms with van der Waals surface area (Å²) in [6.45, 7) is -16.1. The van der Waals surface area contributed by atoms with Gasteiger partial charge in [0.05, 0.1) is 33.5 Å². The number of aromatic hydroxyl groups is 1. The molecule has 4 nitrogen and oxygen atoms in total. The Bertz CT molecular complexity index is 3910. The van der Waals surface area contributed by atoms with Crippen LogP contribution in [0, 0.1) is 6.85 Å². The molecule has 8 aromatic rings. The van der Waals surface area contributed by atoms with Gasteiger partial charge in [0, 0.05) is 57.2 Å².